The van der Waals surface area contributed by atoms with Gasteiger partial charge in [-0.15, -0.1) is 29.7 Å². The first-order valence-electron chi connectivity index (χ1n) is 31.3. The van der Waals surface area contributed by atoms with Crippen LogP contribution in [0.1, 0.15) is 79.0 Å². The molecule has 0 spiro atoms. The van der Waals surface area contributed by atoms with Crippen LogP contribution >= 0.6 is 0 Å². The van der Waals surface area contributed by atoms with Crippen LogP contribution in [0.4, 0.5) is 0 Å². The number of aromatic nitrogens is 4. The van der Waals surface area contributed by atoms with Gasteiger partial charge < -0.3 is 13.9 Å². The third-order valence-electron chi connectivity index (χ3n) is 17.8. The maximum Gasteiger partial charge on any atom is 0.268 e. The van der Waals surface area contributed by atoms with Gasteiger partial charge in [-0.05, 0) is 129 Å². The van der Waals surface area contributed by atoms with E-state index in [9.17, 15) is 0 Å². The molecule has 14 rings (SSSR count). The fraction of sp³-hybridized carbons (Fsp3) is 0.143. The van der Waals surface area contributed by atoms with E-state index in [4.69, 9.17) is 9.72 Å². The van der Waals surface area contributed by atoms with Crippen molar-refractivity contribution in [2.45, 2.75) is 78.6 Å². The number of nitrogens with zero attached hydrogens (tertiary/aromatic N) is 4. The first-order chi connectivity index (χ1) is 43.5. The van der Waals surface area contributed by atoms with Crippen molar-refractivity contribution in [2.24, 2.45) is 0 Å². The second-order valence-electron chi connectivity index (χ2n) is 26.9. The number of rotatable bonds is 12. The van der Waals surface area contributed by atoms with Gasteiger partial charge in [-0.2, -0.15) is 18.2 Å². The summed E-state index contributed by atoms with van der Waals surface area (Å²) in [4.78, 5) is 5.33. The topological polar surface area (TPSA) is 35.9 Å². The summed E-state index contributed by atoms with van der Waals surface area (Å²) in [6, 6.07) is 105. The van der Waals surface area contributed by atoms with Crippen molar-refractivity contribution >= 4 is 61.7 Å². The standard InChI is InChI=1S/C84H72N4OSi.Pt/c1-82(2,3)64-30-21-36-72(51-64)90(73-37-22-31-65(52-73)83(4,5)6,74-38-23-32-66(53-74)84(7,8)9)71-35-20-29-60(50-71)61-43-46-81(85-56-61)88-77-40-17-16-39-75(77)76-45-44-70(55-80(76)88)89-69-34-24-33-67(54-69)86-57-87(79-42-19-18-41-78(79)86)68-48-62(58-25-12-10-13-26-58)47-63(49-68)59-27-14-11-15-28-59;/h10-53,56H,1-9H3;/q-2;. The van der Waals surface area contributed by atoms with Crippen molar-refractivity contribution in [2.75, 3.05) is 0 Å². The van der Waals surface area contributed by atoms with Crippen LogP contribution in [0.5, 0.6) is 11.5 Å². The van der Waals surface area contributed by atoms with Crippen LogP contribution in [-0.2, 0) is 37.3 Å². The average molecular weight is 1380 g/mol. The van der Waals surface area contributed by atoms with Crippen molar-refractivity contribution in [1.82, 2.24) is 14.1 Å². The van der Waals surface area contributed by atoms with E-state index in [1.165, 1.54) is 37.4 Å². The van der Waals surface area contributed by atoms with Gasteiger partial charge in [-0.25, -0.2) is 4.98 Å². The number of pyridine rings is 1. The van der Waals surface area contributed by atoms with E-state index in [1.54, 1.807) is 0 Å². The molecule has 11 aromatic carbocycles. The molecular weight excluding hydrogens is 1300 g/mol. The maximum absolute atomic E-state index is 6.77. The molecular formula is C84H72N4OPtSi-2. The van der Waals surface area contributed by atoms with E-state index >= 15 is 0 Å². The molecule has 5 nitrogen and oxygen atoms in total. The predicted molar refractivity (Wildman–Crippen MR) is 376 cm³/mol. The molecule has 3 aromatic heterocycles. The average Bonchev–Trinajstić information content (AvgIpc) is 1.44. The Kier molecular flexibility index (Phi) is 16.0. The molecule has 0 saturated heterocycles. The Morgan fingerprint density at radius 3 is 1.47 bits per heavy atom. The summed E-state index contributed by atoms with van der Waals surface area (Å²) in [5.74, 6) is 1.92. The largest absolute Gasteiger partial charge is 0.510 e. The van der Waals surface area contributed by atoms with Gasteiger partial charge in [-0.1, -0.05) is 268 Å². The number of hydrogen-bond acceptors (Lipinski definition) is 2. The van der Waals surface area contributed by atoms with Crippen molar-refractivity contribution in [1.29, 1.82) is 0 Å². The zero-order valence-corrected chi connectivity index (χ0v) is 56.3. The molecule has 0 atom stereocenters. The molecule has 0 aliphatic carbocycles. The summed E-state index contributed by atoms with van der Waals surface area (Å²) >= 11 is 0. The smallest absolute Gasteiger partial charge is 0.268 e. The Morgan fingerprint density at radius 1 is 0.396 bits per heavy atom. The summed E-state index contributed by atoms with van der Waals surface area (Å²) in [5.41, 5.74) is 16.3. The molecule has 14 aromatic rings. The molecule has 0 radical (unpaired) electrons. The zero-order chi connectivity index (χ0) is 61.9. The second kappa shape index (κ2) is 24.1. The van der Waals surface area contributed by atoms with Crippen molar-refractivity contribution in [3.8, 4) is 62.1 Å². The molecule has 7 heteroatoms. The van der Waals surface area contributed by atoms with Crippen molar-refractivity contribution < 1.29 is 30.4 Å². The second-order valence-corrected chi connectivity index (χ2v) is 30.7. The molecule has 450 valence electrons. The summed E-state index contributed by atoms with van der Waals surface area (Å²) in [7, 11) is -3.06. The third-order valence-corrected chi connectivity index (χ3v) is 22.5. The van der Waals surface area contributed by atoms with Gasteiger partial charge in [0.05, 0.1) is 16.7 Å². The normalized spacial score (nSPS) is 12.1. The summed E-state index contributed by atoms with van der Waals surface area (Å²) < 4.78 is 13.2. The Bertz CT molecular complexity index is 4790. The number of hydrogen-bond donors (Lipinski definition) is 0. The van der Waals surface area contributed by atoms with E-state index in [1.807, 2.05) is 30.5 Å². The van der Waals surface area contributed by atoms with E-state index in [-0.39, 0.29) is 37.3 Å². The number of ether oxygens (including phenoxy) is 1. The van der Waals surface area contributed by atoms with Gasteiger partial charge in [0.2, 0.25) is 0 Å². The molecule has 91 heavy (non-hydrogen) atoms. The molecule has 0 aliphatic heterocycles. The van der Waals surface area contributed by atoms with Crippen LogP contribution in [0.2, 0.25) is 0 Å². The molecule has 0 aliphatic rings. The fourth-order valence-electron chi connectivity index (χ4n) is 13.0. The minimum Gasteiger partial charge on any atom is -0.510 e. The van der Waals surface area contributed by atoms with Gasteiger partial charge in [0.1, 0.15) is 5.82 Å². The van der Waals surface area contributed by atoms with Crippen LogP contribution in [0.25, 0.3) is 83.4 Å². The number of fused-ring (bicyclic) bond motifs is 4. The number of para-hydroxylation sites is 3. The molecule has 3 heterocycles. The predicted octanol–water partition coefficient (Wildman–Crippen LogP) is 17.9. The zero-order valence-electron chi connectivity index (χ0n) is 53.0. The first-order valence-corrected chi connectivity index (χ1v) is 33.3. The van der Waals surface area contributed by atoms with Gasteiger partial charge in [-0.3, -0.25) is 4.57 Å². The van der Waals surface area contributed by atoms with E-state index in [0.717, 1.165) is 83.4 Å². The van der Waals surface area contributed by atoms with Crippen LogP contribution < -0.4 is 30.1 Å². The summed E-state index contributed by atoms with van der Waals surface area (Å²) in [5, 5.41) is 7.60. The Morgan fingerprint density at radius 2 is 0.901 bits per heavy atom. The minimum absolute atomic E-state index is 0. The maximum atomic E-state index is 6.77. The summed E-state index contributed by atoms with van der Waals surface area (Å²) in [6.45, 7) is 20.9. The monoisotopic (exact) mass is 1380 g/mol. The molecule has 0 unspecified atom stereocenters. The molecule has 0 fully saturated rings. The fourth-order valence-corrected chi connectivity index (χ4v) is 17.8. The van der Waals surface area contributed by atoms with Crippen molar-refractivity contribution in [3.05, 3.63) is 308 Å². The van der Waals surface area contributed by atoms with Gasteiger partial charge >= 0.3 is 0 Å². The minimum atomic E-state index is -3.06. The number of imidazole rings is 1. The van der Waals surface area contributed by atoms with Crippen LogP contribution in [0.3, 0.4) is 0 Å². The number of benzene rings is 11. The van der Waals surface area contributed by atoms with Crippen LogP contribution in [0.15, 0.2) is 273 Å². The Balaban J connectivity index is 0.00000758. The molecule has 0 amide bonds. The third kappa shape index (κ3) is 11.5. The van der Waals surface area contributed by atoms with Gasteiger partial charge in [0, 0.05) is 49.8 Å². The molecule has 0 bridgehead atoms. The quantitative estimate of drug-likeness (QED) is 0.0529. The Labute approximate surface area is 551 Å². The SMILES string of the molecule is CC(C)(C)c1cccc([Si](c2cccc(-c3ccc(-n4c5[c-]c(Oc6[c-]c(-n7[c-][n+](-c8cc(-c9ccccc9)cc(-c9ccccc9)c8)c8ccccc87)ccc6)ccc5c5ccccc54)nc3)c2)(c2cccc(C(C)(C)C)c2)c2cccc(C(C)(C)C)c2)c1.[Pt]. The molecule has 0 saturated carbocycles. The van der Waals surface area contributed by atoms with Gasteiger partial charge in [0.25, 0.3) is 6.33 Å². The van der Waals surface area contributed by atoms with E-state index in [2.05, 4.69) is 337 Å². The first kappa shape index (κ1) is 60.5. The van der Waals surface area contributed by atoms with E-state index in [0.29, 0.717) is 11.5 Å². The van der Waals surface area contributed by atoms with E-state index < -0.39 is 8.07 Å². The molecule has 0 N–H and O–H groups in total. The van der Waals surface area contributed by atoms with Gasteiger partial charge in [0.15, 0.2) is 8.07 Å². The summed E-state index contributed by atoms with van der Waals surface area (Å²) in [6.07, 6.45) is 5.76. The van der Waals surface area contributed by atoms with Crippen LogP contribution in [0, 0.1) is 18.5 Å². The van der Waals surface area contributed by atoms with Crippen LogP contribution in [-0.4, -0.2) is 22.2 Å². The van der Waals surface area contributed by atoms with Crippen molar-refractivity contribution in [3.63, 3.8) is 0 Å². The Hall–Kier alpha value is -9.45.